The highest BCUT2D eigenvalue weighted by molar-refractivity contribution is 6.30. The molecule has 0 aliphatic carbocycles. The van der Waals surface area contributed by atoms with E-state index < -0.39 is 5.97 Å². The van der Waals surface area contributed by atoms with Gasteiger partial charge in [0.1, 0.15) is 5.58 Å². The average molecular weight is 273 g/mol. The molecule has 0 aliphatic rings. The predicted octanol–water partition coefficient (Wildman–Crippen LogP) is 4.45. The number of halogens is 1. The molecular formula is C15H9ClO3. The van der Waals surface area contributed by atoms with E-state index in [9.17, 15) is 4.79 Å². The monoisotopic (exact) mass is 272 g/mol. The van der Waals surface area contributed by atoms with Crippen molar-refractivity contribution in [3.63, 3.8) is 0 Å². The maximum absolute atomic E-state index is 10.9. The van der Waals surface area contributed by atoms with Crippen LogP contribution in [0.2, 0.25) is 5.02 Å². The first-order valence-corrected chi connectivity index (χ1v) is 6.04. The van der Waals surface area contributed by atoms with Crippen LogP contribution in [0.4, 0.5) is 0 Å². The van der Waals surface area contributed by atoms with E-state index in [1.165, 1.54) is 6.07 Å². The fraction of sp³-hybridized carbons (Fsp3) is 0. The second kappa shape index (κ2) is 4.44. The highest BCUT2D eigenvalue weighted by Gasteiger charge is 2.10. The van der Waals surface area contributed by atoms with Gasteiger partial charge in [-0.1, -0.05) is 35.9 Å². The quantitative estimate of drug-likeness (QED) is 0.750. The summed E-state index contributed by atoms with van der Waals surface area (Å²) < 4.78 is 5.29. The summed E-state index contributed by atoms with van der Waals surface area (Å²) in [6, 6.07) is 14.5. The maximum atomic E-state index is 10.9. The molecule has 0 amide bonds. The fourth-order valence-corrected chi connectivity index (χ4v) is 2.08. The SMILES string of the molecule is O=C(O)c1cc2ccc(-c3ccc(Cl)cc3)cc2o1. The summed E-state index contributed by atoms with van der Waals surface area (Å²) >= 11 is 5.85. The molecule has 3 aromatic rings. The van der Waals surface area contributed by atoms with Crippen molar-refractivity contribution in [1.82, 2.24) is 0 Å². The van der Waals surface area contributed by atoms with Crippen molar-refractivity contribution in [3.8, 4) is 11.1 Å². The molecule has 1 N–H and O–H groups in total. The van der Waals surface area contributed by atoms with E-state index in [1.807, 2.05) is 42.5 Å². The Labute approximate surface area is 114 Å². The largest absolute Gasteiger partial charge is 0.475 e. The van der Waals surface area contributed by atoms with Crippen molar-refractivity contribution in [2.24, 2.45) is 0 Å². The molecule has 0 bridgehead atoms. The Kier molecular flexibility index (Phi) is 2.76. The molecule has 0 fully saturated rings. The Morgan fingerprint density at radius 1 is 1.00 bits per heavy atom. The van der Waals surface area contributed by atoms with Gasteiger partial charge in [-0.3, -0.25) is 0 Å². The van der Waals surface area contributed by atoms with Crippen LogP contribution >= 0.6 is 11.6 Å². The second-order valence-electron chi connectivity index (χ2n) is 4.18. The molecule has 0 spiro atoms. The van der Waals surface area contributed by atoms with Gasteiger partial charge < -0.3 is 9.52 Å². The summed E-state index contributed by atoms with van der Waals surface area (Å²) in [6.07, 6.45) is 0. The number of carbonyl (C=O) groups is 1. The summed E-state index contributed by atoms with van der Waals surface area (Å²) in [5.41, 5.74) is 2.51. The van der Waals surface area contributed by atoms with Gasteiger partial charge in [-0.2, -0.15) is 0 Å². The lowest BCUT2D eigenvalue weighted by Crippen LogP contribution is -1.91. The summed E-state index contributed by atoms with van der Waals surface area (Å²) in [7, 11) is 0. The van der Waals surface area contributed by atoms with Gasteiger partial charge in [-0.15, -0.1) is 0 Å². The van der Waals surface area contributed by atoms with Crippen molar-refractivity contribution in [2.75, 3.05) is 0 Å². The molecule has 19 heavy (non-hydrogen) atoms. The lowest BCUT2D eigenvalue weighted by molar-refractivity contribution is 0.0665. The number of fused-ring (bicyclic) bond motifs is 1. The molecule has 94 valence electrons. The van der Waals surface area contributed by atoms with Crippen LogP contribution in [0.25, 0.3) is 22.1 Å². The number of hydrogen-bond donors (Lipinski definition) is 1. The zero-order valence-electron chi connectivity index (χ0n) is 9.76. The standard InChI is InChI=1S/C15H9ClO3/c16-12-5-3-9(4-6-12)10-1-2-11-8-14(15(17)18)19-13(11)7-10/h1-8H,(H,17,18). The lowest BCUT2D eigenvalue weighted by Gasteiger charge is -2.01. The highest BCUT2D eigenvalue weighted by Crippen LogP contribution is 2.27. The number of furan rings is 1. The third-order valence-electron chi connectivity index (χ3n) is 2.91. The number of rotatable bonds is 2. The molecule has 0 aliphatic heterocycles. The van der Waals surface area contributed by atoms with Crippen molar-refractivity contribution in [3.05, 3.63) is 59.3 Å². The maximum Gasteiger partial charge on any atom is 0.371 e. The van der Waals surface area contributed by atoms with Gasteiger partial charge in [0.05, 0.1) is 0 Å². The number of aromatic carboxylic acids is 1. The van der Waals surface area contributed by atoms with Gasteiger partial charge in [0, 0.05) is 10.4 Å². The highest BCUT2D eigenvalue weighted by atomic mass is 35.5. The Morgan fingerprint density at radius 3 is 2.37 bits per heavy atom. The normalized spacial score (nSPS) is 10.8. The molecule has 2 aromatic carbocycles. The van der Waals surface area contributed by atoms with E-state index in [4.69, 9.17) is 21.1 Å². The number of hydrogen-bond acceptors (Lipinski definition) is 2. The van der Waals surface area contributed by atoms with E-state index >= 15 is 0 Å². The Morgan fingerprint density at radius 2 is 1.68 bits per heavy atom. The minimum Gasteiger partial charge on any atom is -0.475 e. The van der Waals surface area contributed by atoms with Crippen molar-refractivity contribution in [1.29, 1.82) is 0 Å². The second-order valence-corrected chi connectivity index (χ2v) is 4.61. The lowest BCUT2D eigenvalue weighted by atomic mass is 10.0. The van der Waals surface area contributed by atoms with Gasteiger partial charge >= 0.3 is 5.97 Å². The van der Waals surface area contributed by atoms with Crippen LogP contribution in [0.3, 0.4) is 0 Å². The van der Waals surface area contributed by atoms with Gasteiger partial charge in [-0.05, 0) is 35.4 Å². The fourth-order valence-electron chi connectivity index (χ4n) is 1.96. The number of carboxylic acid groups (broad SMARTS) is 1. The van der Waals surface area contributed by atoms with E-state index in [0.29, 0.717) is 10.6 Å². The minimum atomic E-state index is -1.07. The summed E-state index contributed by atoms with van der Waals surface area (Å²) in [5.74, 6) is -1.12. The number of benzene rings is 2. The van der Waals surface area contributed by atoms with Crippen LogP contribution in [-0.2, 0) is 0 Å². The van der Waals surface area contributed by atoms with Crippen molar-refractivity contribution in [2.45, 2.75) is 0 Å². The molecule has 1 heterocycles. The molecule has 3 rings (SSSR count). The predicted molar refractivity (Wildman–Crippen MR) is 73.6 cm³/mol. The van der Waals surface area contributed by atoms with E-state index in [2.05, 4.69) is 0 Å². The minimum absolute atomic E-state index is 0.0525. The zero-order chi connectivity index (χ0) is 13.4. The summed E-state index contributed by atoms with van der Waals surface area (Å²) in [5, 5.41) is 10.3. The molecule has 1 aromatic heterocycles. The van der Waals surface area contributed by atoms with Gasteiger partial charge in [0.25, 0.3) is 0 Å². The Hall–Kier alpha value is -2.26. The van der Waals surface area contributed by atoms with Crippen molar-refractivity contribution >= 4 is 28.5 Å². The molecular weight excluding hydrogens is 264 g/mol. The van der Waals surface area contributed by atoms with Crippen LogP contribution in [0, 0.1) is 0 Å². The van der Waals surface area contributed by atoms with E-state index in [-0.39, 0.29) is 5.76 Å². The van der Waals surface area contributed by atoms with Gasteiger partial charge in [-0.25, -0.2) is 4.79 Å². The summed E-state index contributed by atoms with van der Waals surface area (Å²) in [4.78, 5) is 10.9. The first-order chi connectivity index (χ1) is 9.13. The van der Waals surface area contributed by atoms with E-state index in [1.54, 1.807) is 0 Å². The smallest absolute Gasteiger partial charge is 0.371 e. The average Bonchev–Trinajstić information content (AvgIpc) is 2.82. The number of carboxylic acids is 1. The Balaban J connectivity index is 2.10. The van der Waals surface area contributed by atoms with Gasteiger partial charge in [0.15, 0.2) is 0 Å². The van der Waals surface area contributed by atoms with Crippen LogP contribution in [0.5, 0.6) is 0 Å². The molecule has 0 atom stereocenters. The zero-order valence-corrected chi connectivity index (χ0v) is 10.5. The molecule has 0 radical (unpaired) electrons. The van der Waals surface area contributed by atoms with Crippen LogP contribution < -0.4 is 0 Å². The Bertz CT molecular complexity index is 757. The summed E-state index contributed by atoms with van der Waals surface area (Å²) in [6.45, 7) is 0. The third kappa shape index (κ3) is 2.20. The van der Waals surface area contributed by atoms with Crippen LogP contribution in [0.1, 0.15) is 10.6 Å². The first-order valence-electron chi connectivity index (χ1n) is 5.66. The molecule has 4 heteroatoms. The van der Waals surface area contributed by atoms with E-state index in [0.717, 1.165) is 16.5 Å². The molecule has 0 unspecified atom stereocenters. The van der Waals surface area contributed by atoms with Crippen LogP contribution in [0.15, 0.2) is 52.9 Å². The molecule has 3 nitrogen and oxygen atoms in total. The van der Waals surface area contributed by atoms with Crippen LogP contribution in [-0.4, -0.2) is 11.1 Å². The van der Waals surface area contributed by atoms with Crippen molar-refractivity contribution < 1.29 is 14.3 Å². The molecule has 0 saturated heterocycles. The first kappa shape index (κ1) is 11.8. The topological polar surface area (TPSA) is 50.4 Å². The molecule has 0 saturated carbocycles. The van der Waals surface area contributed by atoms with Gasteiger partial charge in [0.2, 0.25) is 5.76 Å². The third-order valence-corrected chi connectivity index (χ3v) is 3.16.